The van der Waals surface area contributed by atoms with Crippen LogP contribution in [-0.4, -0.2) is 44.6 Å². The van der Waals surface area contributed by atoms with Crippen LogP contribution in [0.25, 0.3) is 0 Å². The van der Waals surface area contributed by atoms with Crippen molar-refractivity contribution in [3.63, 3.8) is 0 Å². The fraction of sp³-hybridized carbons (Fsp3) is 0.538. The van der Waals surface area contributed by atoms with E-state index in [1.165, 1.54) is 0 Å². The number of sulfonamides is 1. The van der Waals surface area contributed by atoms with Crippen LogP contribution in [0.4, 0.5) is 0 Å². The summed E-state index contributed by atoms with van der Waals surface area (Å²) in [6.45, 7) is 2.22. The molecule has 1 heterocycles. The Balaban J connectivity index is 2.03. The molecule has 106 valence electrons. The van der Waals surface area contributed by atoms with Gasteiger partial charge in [-0.3, -0.25) is 0 Å². The van der Waals surface area contributed by atoms with E-state index in [-0.39, 0.29) is 19.8 Å². The first-order valence-corrected chi connectivity index (χ1v) is 7.82. The monoisotopic (exact) mass is 285 g/mol. The number of nitrogens with one attached hydrogen (secondary N) is 1. The van der Waals surface area contributed by atoms with E-state index < -0.39 is 21.3 Å². The topological polar surface area (TPSA) is 75.6 Å². The molecule has 6 heteroatoms. The molecule has 0 bridgehead atoms. The van der Waals surface area contributed by atoms with E-state index in [0.29, 0.717) is 6.42 Å². The maximum absolute atomic E-state index is 12.0. The summed E-state index contributed by atoms with van der Waals surface area (Å²) in [5.74, 6) is 0. The van der Waals surface area contributed by atoms with E-state index in [0.717, 1.165) is 11.1 Å². The van der Waals surface area contributed by atoms with Crippen LogP contribution in [0.15, 0.2) is 24.3 Å². The maximum atomic E-state index is 12.0. The highest BCUT2D eigenvalue weighted by molar-refractivity contribution is 7.90. The van der Waals surface area contributed by atoms with Gasteiger partial charge in [0.15, 0.2) is 0 Å². The summed E-state index contributed by atoms with van der Waals surface area (Å²) >= 11 is 0. The van der Waals surface area contributed by atoms with Crippen LogP contribution in [0.2, 0.25) is 0 Å². The summed E-state index contributed by atoms with van der Waals surface area (Å²) in [5, 5.41) is 8.87. The van der Waals surface area contributed by atoms with E-state index >= 15 is 0 Å². The Morgan fingerprint density at radius 1 is 1.42 bits per heavy atom. The average Bonchev–Trinajstić information content (AvgIpc) is 2.27. The van der Waals surface area contributed by atoms with Gasteiger partial charge in [-0.25, -0.2) is 13.1 Å². The van der Waals surface area contributed by atoms with Crippen molar-refractivity contribution in [2.24, 2.45) is 0 Å². The first-order valence-electron chi connectivity index (χ1n) is 6.27. The molecular weight excluding hydrogens is 266 g/mol. The van der Waals surface area contributed by atoms with E-state index in [1.807, 2.05) is 31.2 Å². The maximum Gasteiger partial charge on any atom is 0.219 e. The summed E-state index contributed by atoms with van der Waals surface area (Å²) in [6.07, 6.45) is 0.482. The quantitative estimate of drug-likeness (QED) is 0.784. The van der Waals surface area contributed by atoms with Gasteiger partial charge in [0.1, 0.15) is 5.25 Å². The van der Waals surface area contributed by atoms with Gasteiger partial charge < -0.3 is 9.84 Å². The number of hydrogen-bond donors (Lipinski definition) is 2. The second kappa shape index (κ2) is 6.00. The van der Waals surface area contributed by atoms with Crippen LogP contribution in [0.5, 0.6) is 0 Å². The fourth-order valence-electron chi connectivity index (χ4n) is 1.97. The number of aliphatic hydroxyl groups is 1. The molecule has 1 aromatic carbocycles. The molecule has 1 aromatic rings. The molecule has 1 unspecified atom stereocenters. The highest BCUT2D eigenvalue weighted by atomic mass is 32.2. The highest BCUT2D eigenvalue weighted by Gasteiger charge is 2.34. The molecule has 0 saturated carbocycles. The van der Waals surface area contributed by atoms with Gasteiger partial charge in [-0.05, 0) is 24.5 Å². The zero-order chi connectivity index (χ0) is 13.9. The fourth-order valence-corrected chi connectivity index (χ4v) is 3.34. The Kier molecular flexibility index (Phi) is 4.57. The summed E-state index contributed by atoms with van der Waals surface area (Å²) in [4.78, 5) is 0. The molecule has 0 aromatic heterocycles. The van der Waals surface area contributed by atoms with Crippen LogP contribution in [-0.2, 0) is 21.2 Å². The molecule has 2 N–H and O–H groups in total. The second-order valence-electron chi connectivity index (χ2n) is 4.83. The molecule has 1 aliphatic heterocycles. The zero-order valence-corrected chi connectivity index (χ0v) is 11.7. The third-order valence-electron chi connectivity index (χ3n) is 3.33. The van der Waals surface area contributed by atoms with Gasteiger partial charge in [-0.15, -0.1) is 0 Å². The van der Waals surface area contributed by atoms with E-state index in [9.17, 15) is 13.5 Å². The first-order chi connectivity index (χ1) is 9.03. The number of aliphatic hydroxyl groups excluding tert-OH is 1. The van der Waals surface area contributed by atoms with Crippen LogP contribution in [0, 0.1) is 6.92 Å². The summed E-state index contributed by atoms with van der Waals surface area (Å²) in [7, 11) is -3.40. The van der Waals surface area contributed by atoms with Crippen molar-refractivity contribution in [3.05, 3.63) is 35.4 Å². The first kappa shape index (κ1) is 14.5. The Hall–Kier alpha value is -0.950. The van der Waals surface area contributed by atoms with Crippen LogP contribution in [0.3, 0.4) is 0 Å². The number of hydrogen-bond acceptors (Lipinski definition) is 4. The molecule has 1 atom stereocenters. The van der Waals surface area contributed by atoms with Gasteiger partial charge in [0, 0.05) is 6.04 Å². The van der Waals surface area contributed by atoms with Crippen LogP contribution in [0.1, 0.15) is 11.1 Å². The molecule has 1 fully saturated rings. The molecule has 0 spiro atoms. The highest BCUT2D eigenvalue weighted by Crippen LogP contribution is 2.14. The molecule has 0 radical (unpaired) electrons. The molecule has 19 heavy (non-hydrogen) atoms. The van der Waals surface area contributed by atoms with Crippen molar-refractivity contribution < 1.29 is 18.3 Å². The Labute approximate surface area is 113 Å². The second-order valence-corrected chi connectivity index (χ2v) is 6.82. The minimum Gasteiger partial charge on any atom is -0.395 e. The number of rotatable bonds is 6. The van der Waals surface area contributed by atoms with Crippen molar-refractivity contribution >= 4 is 10.0 Å². The molecule has 5 nitrogen and oxygen atoms in total. The number of aryl methyl sites for hydroxylation is 1. The number of benzene rings is 1. The van der Waals surface area contributed by atoms with Gasteiger partial charge in [-0.1, -0.05) is 24.3 Å². The molecule has 0 amide bonds. The molecule has 2 rings (SSSR count). The normalized spacial score (nSPS) is 18.0. The van der Waals surface area contributed by atoms with Gasteiger partial charge in [0.05, 0.1) is 19.8 Å². The van der Waals surface area contributed by atoms with Crippen molar-refractivity contribution in [2.75, 3.05) is 19.8 Å². The zero-order valence-electron chi connectivity index (χ0n) is 10.9. The van der Waals surface area contributed by atoms with E-state index in [2.05, 4.69) is 4.72 Å². The van der Waals surface area contributed by atoms with Crippen molar-refractivity contribution in [1.82, 2.24) is 4.72 Å². The lowest BCUT2D eigenvalue weighted by Crippen LogP contribution is -2.51. The lowest BCUT2D eigenvalue weighted by Gasteiger charge is -2.28. The lowest BCUT2D eigenvalue weighted by atomic mass is 10.0. The molecule has 0 aliphatic carbocycles. The van der Waals surface area contributed by atoms with E-state index in [1.54, 1.807) is 0 Å². The summed E-state index contributed by atoms with van der Waals surface area (Å²) < 4.78 is 31.4. The summed E-state index contributed by atoms with van der Waals surface area (Å²) in [6, 6.07) is 7.26. The molecule has 1 aliphatic rings. The third-order valence-corrected chi connectivity index (χ3v) is 5.14. The minimum absolute atomic E-state index is 0.221. The standard InChI is InChI=1S/C13H19NO4S/c1-10-4-2-3-5-11(10)6-12(7-15)14-19(16,17)13-8-18-9-13/h2-5,12-15H,6-9H2,1H3. The summed E-state index contributed by atoms with van der Waals surface area (Å²) in [5.41, 5.74) is 2.13. The lowest BCUT2D eigenvalue weighted by molar-refractivity contribution is 0.0408. The minimum atomic E-state index is -3.40. The smallest absolute Gasteiger partial charge is 0.219 e. The Bertz CT molecular complexity index is 525. The van der Waals surface area contributed by atoms with Gasteiger partial charge in [0.25, 0.3) is 0 Å². The van der Waals surface area contributed by atoms with Crippen LogP contribution >= 0.6 is 0 Å². The van der Waals surface area contributed by atoms with Gasteiger partial charge in [-0.2, -0.15) is 0 Å². The van der Waals surface area contributed by atoms with Gasteiger partial charge >= 0.3 is 0 Å². The third kappa shape index (κ3) is 3.54. The van der Waals surface area contributed by atoms with Crippen molar-refractivity contribution in [3.8, 4) is 0 Å². The molecule has 1 saturated heterocycles. The predicted octanol–water partition coefficient (Wildman–Crippen LogP) is 0.217. The van der Waals surface area contributed by atoms with Crippen LogP contribution < -0.4 is 4.72 Å². The average molecular weight is 285 g/mol. The van der Waals surface area contributed by atoms with Crippen molar-refractivity contribution in [2.45, 2.75) is 24.6 Å². The Morgan fingerprint density at radius 2 is 2.11 bits per heavy atom. The van der Waals surface area contributed by atoms with E-state index in [4.69, 9.17) is 4.74 Å². The van der Waals surface area contributed by atoms with Gasteiger partial charge in [0.2, 0.25) is 10.0 Å². The number of ether oxygens (including phenoxy) is 1. The predicted molar refractivity (Wildman–Crippen MR) is 72.4 cm³/mol. The SMILES string of the molecule is Cc1ccccc1CC(CO)NS(=O)(=O)C1COC1. The largest absolute Gasteiger partial charge is 0.395 e. The Morgan fingerprint density at radius 3 is 2.63 bits per heavy atom. The molecular formula is C13H19NO4S. The van der Waals surface area contributed by atoms with Crippen molar-refractivity contribution in [1.29, 1.82) is 0 Å².